The average molecular weight is 514 g/mol. The molecule has 0 atom stereocenters. The van der Waals surface area contributed by atoms with E-state index in [0.29, 0.717) is 35.1 Å². The Morgan fingerprint density at radius 2 is 1.86 bits per heavy atom. The second-order valence-electron chi connectivity index (χ2n) is 11.1. The van der Waals surface area contributed by atoms with Gasteiger partial charge in [0.15, 0.2) is 0 Å². The van der Waals surface area contributed by atoms with Gasteiger partial charge in [-0.05, 0) is 49.1 Å². The molecule has 4 rings (SSSR count). The van der Waals surface area contributed by atoms with Gasteiger partial charge in [0.1, 0.15) is 23.7 Å². The van der Waals surface area contributed by atoms with E-state index in [4.69, 9.17) is 21.6 Å². The maximum atomic E-state index is 15.0. The van der Waals surface area contributed by atoms with Crippen LogP contribution in [-0.2, 0) is 0 Å². The van der Waals surface area contributed by atoms with Crippen LogP contribution in [0.1, 0.15) is 56.5 Å². The summed E-state index contributed by atoms with van der Waals surface area (Å²) in [6.07, 6.45) is 1.42. The zero-order chi connectivity index (χ0) is 26.3. The van der Waals surface area contributed by atoms with Crippen LogP contribution < -0.4 is 15.0 Å². The number of benzene rings is 2. The number of nitrogens with one attached hydrogen (secondary N) is 1. The van der Waals surface area contributed by atoms with E-state index >= 15 is 0 Å². The van der Waals surface area contributed by atoms with Crippen LogP contribution in [-0.4, -0.2) is 42.9 Å². The summed E-state index contributed by atoms with van der Waals surface area (Å²) in [4.78, 5) is 15.1. The van der Waals surface area contributed by atoms with Crippen LogP contribution in [0, 0.1) is 33.9 Å². The smallest absolute Gasteiger partial charge is 0.251 e. The fourth-order valence-electron chi connectivity index (χ4n) is 6.07. The van der Waals surface area contributed by atoms with Crippen molar-refractivity contribution in [2.24, 2.45) is 16.7 Å². The molecule has 1 saturated heterocycles. The van der Waals surface area contributed by atoms with Crippen LogP contribution in [0.5, 0.6) is 5.75 Å². The summed E-state index contributed by atoms with van der Waals surface area (Å²) in [7, 11) is 0. The molecule has 2 aliphatic rings. The van der Waals surface area contributed by atoms with Crippen LogP contribution in [0.25, 0.3) is 0 Å². The first-order valence-electron chi connectivity index (χ1n) is 12.3. The number of amides is 1. The van der Waals surface area contributed by atoms with E-state index in [9.17, 15) is 14.3 Å². The number of halogens is 2. The van der Waals surface area contributed by atoms with Gasteiger partial charge < -0.3 is 20.1 Å². The van der Waals surface area contributed by atoms with E-state index in [1.54, 1.807) is 30.3 Å². The highest BCUT2D eigenvalue weighted by atomic mass is 35.5. The number of nitriles is 1. The monoisotopic (exact) mass is 513 g/mol. The van der Waals surface area contributed by atoms with Crippen molar-refractivity contribution in [2.45, 2.75) is 52.7 Å². The molecular formula is C28H33ClFN3O3. The molecule has 8 heteroatoms. The normalized spacial score (nSPS) is 22.9. The molecule has 2 aromatic rings. The summed E-state index contributed by atoms with van der Waals surface area (Å²) in [5.41, 5.74) is 0.330. The van der Waals surface area contributed by atoms with Crippen LogP contribution in [0.15, 0.2) is 36.4 Å². The van der Waals surface area contributed by atoms with Crippen LogP contribution in [0.2, 0.25) is 5.02 Å². The Labute approximate surface area is 217 Å². The SMILES string of the molecule is CC1(C)C(NC(=O)c2ccc(N3CCC(CO)CC3)c(F)c2)C(C)(C)C1Oc1ccc(C#N)c(Cl)c1. The third kappa shape index (κ3) is 4.77. The molecule has 0 radical (unpaired) electrons. The van der Waals surface area contributed by atoms with Crippen molar-refractivity contribution in [2.75, 3.05) is 24.6 Å². The van der Waals surface area contributed by atoms with Crippen LogP contribution in [0.3, 0.4) is 0 Å². The molecule has 1 saturated carbocycles. The molecule has 0 spiro atoms. The topological polar surface area (TPSA) is 85.6 Å². The fraction of sp³-hybridized carbons (Fsp3) is 0.500. The maximum Gasteiger partial charge on any atom is 0.251 e. The molecule has 36 heavy (non-hydrogen) atoms. The molecule has 192 valence electrons. The lowest BCUT2D eigenvalue weighted by Crippen LogP contribution is -2.74. The second kappa shape index (κ2) is 9.91. The molecule has 1 amide bonds. The molecule has 2 aromatic carbocycles. The summed E-state index contributed by atoms with van der Waals surface area (Å²) >= 11 is 6.16. The molecule has 0 bridgehead atoms. The molecule has 2 N–H and O–H groups in total. The highest BCUT2D eigenvalue weighted by Crippen LogP contribution is 2.55. The predicted octanol–water partition coefficient (Wildman–Crippen LogP) is 5.17. The average Bonchev–Trinajstić information content (AvgIpc) is 2.85. The van der Waals surface area contributed by atoms with Gasteiger partial charge in [-0.25, -0.2) is 4.39 Å². The Bertz CT molecular complexity index is 1170. The van der Waals surface area contributed by atoms with E-state index in [-0.39, 0.29) is 36.1 Å². The van der Waals surface area contributed by atoms with E-state index < -0.39 is 16.6 Å². The van der Waals surface area contributed by atoms with Gasteiger partial charge in [0.25, 0.3) is 5.91 Å². The minimum absolute atomic E-state index is 0.163. The van der Waals surface area contributed by atoms with Gasteiger partial charge in [0.2, 0.25) is 0 Å². The first kappa shape index (κ1) is 26.2. The lowest BCUT2D eigenvalue weighted by molar-refractivity contribution is -0.164. The van der Waals surface area contributed by atoms with E-state index in [2.05, 4.69) is 5.32 Å². The number of piperidine rings is 1. The highest BCUT2D eigenvalue weighted by Gasteiger charge is 2.64. The summed E-state index contributed by atoms with van der Waals surface area (Å²) in [5.74, 6) is 0.0856. The van der Waals surface area contributed by atoms with Crippen molar-refractivity contribution in [1.82, 2.24) is 5.32 Å². The van der Waals surface area contributed by atoms with Crippen molar-refractivity contribution in [3.05, 3.63) is 58.4 Å². The second-order valence-corrected chi connectivity index (χ2v) is 11.5. The van der Waals surface area contributed by atoms with Crippen molar-refractivity contribution in [3.8, 4) is 11.8 Å². The number of anilines is 1. The Morgan fingerprint density at radius 3 is 2.42 bits per heavy atom. The standard InChI is InChI=1S/C28H33ClFN3O3/c1-27(2)25(28(3,4)26(27)36-20-7-5-19(15-31)21(29)14-20)32-24(35)18-6-8-23(22(30)13-18)33-11-9-17(16-34)10-12-33/h5-8,13-14,17,25-26,34H,9-12,16H2,1-4H3,(H,32,35). The minimum atomic E-state index is -0.420. The van der Waals surface area contributed by atoms with Crippen molar-refractivity contribution < 1.29 is 19.0 Å². The largest absolute Gasteiger partial charge is 0.489 e. The number of carbonyl (C=O) groups excluding carboxylic acids is 1. The maximum absolute atomic E-state index is 15.0. The molecule has 6 nitrogen and oxygen atoms in total. The van der Waals surface area contributed by atoms with Gasteiger partial charge in [0.05, 0.1) is 16.3 Å². The lowest BCUT2D eigenvalue weighted by atomic mass is 9.49. The minimum Gasteiger partial charge on any atom is -0.489 e. The molecule has 2 fully saturated rings. The number of aliphatic hydroxyl groups excluding tert-OH is 1. The first-order chi connectivity index (χ1) is 17.0. The summed E-state index contributed by atoms with van der Waals surface area (Å²) in [6, 6.07) is 11.4. The number of aliphatic hydroxyl groups is 1. The van der Waals surface area contributed by atoms with Crippen LogP contribution in [0.4, 0.5) is 10.1 Å². The number of nitrogens with zero attached hydrogens (tertiary/aromatic N) is 2. The number of ether oxygens (including phenoxy) is 1. The third-order valence-electron chi connectivity index (χ3n) is 7.85. The van der Waals surface area contributed by atoms with Crippen LogP contribution >= 0.6 is 11.6 Å². The van der Waals surface area contributed by atoms with Crippen molar-refractivity contribution in [1.29, 1.82) is 5.26 Å². The van der Waals surface area contributed by atoms with E-state index in [0.717, 1.165) is 12.8 Å². The Morgan fingerprint density at radius 1 is 1.19 bits per heavy atom. The Kier molecular flexibility index (Phi) is 7.23. The third-order valence-corrected chi connectivity index (χ3v) is 8.17. The summed E-state index contributed by atoms with van der Waals surface area (Å²) in [5, 5.41) is 21.9. The zero-order valence-corrected chi connectivity index (χ0v) is 21.9. The number of hydrogen-bond donors (Lipinski definition) is 2. The van der Waals surface area contributed by atoms with Gasteiger partial charge in [-0.2, -0.15) is 5.26 Å². The lowest BCUT2D eigenvalue weighted by Gasteiger charge is -2.63. The van der Waals surface area contributed by atoms with Crippen molar-refractivity contribution in [3.63, 3.8) is 0 Å². The fourth-order valence-corrected chi connectivity index (χ4v) is 6.28. The first-order valence-corrected chi connectivity index (χ1v) is 12.7. The van der Waals surface area contributed by atoms with Gasteiger partial charge in [-0.3, -0.25) is 4.79 Å². The number of carbonyl (C=O) groups is 1. The molecular weight excluding hydrogens is 481 g/mol. The van der Waals surface area contributed by atoms with E-state index in [1.807, 2.05) is 38.7 Å². The number of rotatable bonds is 6. The van der Waals surface area contributed by atoms with Gasteiger partial charge in [0, 0.05) is 48.2 Å². The Balaban J connectivity index is 1.44. The molecule has 0 unspecified atom stereocenters. The zero-order valence-electron chi connectivity index (χ0n) is 21.1. The van der Waals surface area contributed by atoms with Crippen molar-refractivity contribution >= 4 is 23.2 Å². The Hall–Kier alpha value is -2.82. The quantitative estimate of drug-likeness (QED) is 0.556. The molecule has 0 aromatic heterocycles. The molecule has 1 aliphatic carbocycles. The predicted molar refractivity (Wildman–Crippen MR) is 138 cm³/mol. The van der Waals surface area contributed by atoms with E-state index in [1.165, 1.54) is 6.07 Å². The van der Waals surface area contributed by atoms with Gasteiger partial charge in [-0.15, -0.1) is 0 Å². The molecule has 1 aliphatic heterocycles. The summed E-state index contributed by atoms with van der Waals surface area (Å²) in [6.45, 7) is 9.64. The molecule has 1 heterocycles. The highest BCUT2D eigenvalue weighted by molar-refractivity contribution is 6.31. The summed E-state index contributed by atoms with van der Waals surface area (Å²) < 4.78 is 21.3. The van der Waals surface area contributed by atoms with Gasteiger partial charge in [-0.1, -0.05) is 39.3 Å². The van der Waals surface area contributed by atoms with Gasteiger partial charge >= 0.3 is 0 Å². The number of hydrogen-bond acceptors (Lipinski definition) is 5.